The number of rotatable bonds is 3. The molecule has 0 aromatic heterocycles. The largest absolute Gasteiger partial charge is 0.393 e. The van der Waals surface area contributed by atoms with Gasteiger partial charge in [-0.25, -0.2) is 0 Å². The van der Waals surface area contributed by atoms with Crippen LogP contribution in [0.1, 0.15) is 52.9 Å². The average Bonchev–Trinajstić information content (AvgIpc) is 2.92. The van der Waals surface area contributed by atoms with Crippen molar-refractivity contribution in [3.05, 3.63) is 23.8 Å². The van der Waals surface area contributed by atoms with E-state index in [1.165, 1.54) is 0 Å². The third-order valence-electron chi connectivity index (χ3n) is 8.91. The fourth-order valence-corrected chi connectivity index (χ4v) is 7.53. The maximum Gasteiger partial charge on any atom is 0.190 e. The maximum absolute atomic E-state index is 12.5. The van der Waals surface area contributed by atoms with E-state index in [0.717, 1.165) is 24.8 Å². The molecule has 0 amide bonds. The van der Waals surface area contributed by atoms with E-state index < -0.39 is 29.5 Å². The van der Waals surface area contributed by atoms with Crippen LogP contribution in [-0.2, 0) is 9.59 Å². The van der Waals surface area contributed by atoms with Crippen molar-refractivity contribution in [3.8, 4) is 0 Å². The van der Waals surface area contributed by atoms with Crippen LogP contribution in [-0.4, -0.2) is 45.2 Å². The fraction of sp³-hybridized carbons (Fsp3) is 0.739. The summed E-state index contributed by atoms with van der Waals surface area (Å²) in [6.45, 7) is 5.52. The molecule has 0 aromatic carbocycles. The Hall–Kier alpha value is -1.30. The molecule has 3 saturated carbocycles. The molecule has 8 atom stereocenters. The van der Waals surface area contributed by atoms with Gasteiger partial charge >= 0.3 is 0 Å². The summed E-state index contributed by atoms with van der Waals surface area (Å²) in [5, 5.41) is 32.0. The Bertz CT molecular complexity index is 769. The van der Waals surface area contributed by atoms with Crippen molar-refractivity contribution in [1.29, 1.82) is 0 Å². The molecule has 0 radical (unpaired) electrons. The predicted molar refractivity (Wildman–Crippen MR) is 104 cm³/mol. The SMILES string of the molecule is CCC1C[C@@H]2[C@H]([C@@H](O)C[C@@]3(C)[C@H]2CC[C@]3(O)C(=O)CO)[C@@]2(C)C=CC(=O)C=C12. The molecule has 4 aliphatic rings. The first-order valence-corrected chi connectivity index (χ1v) is 10.6. The van der Waals surface area contributed by atoms with Crippen molar-refractivity contribution in [1.82, 2.24) is 0 Å². The van der Waals surface area contributed by atoms with Gasteiger partial charge in [0.05, 0.1) is 6.10 Å². The maximum atomic E-state index is 12.5. The number of ketones is 2. The molecule has 3 fully saturated rings. The van der Waals surface area contributed by atoms with Gasteiger partial charge in [0.1, 0.15) is 12.2 Å². The molecule has 28 heavy (non-hydrogen) atoms. The first kappa shape index (κ1) is 20.0. The number of fused-ring (bicyclic) bond motifs is 5. The summed E-state index contributed by atoms with van der Waals surface area (Å²) < 4.78 is 0. The zero-order chi connectivity index (χ0) is 20.5. The molecule has 3 N–H and O–H groups in total. The predicted octanol–water partition coefficient (Wildman–Crippen LogP) is 2.19. The van der Waals surface area contributed by atoms with Gasteiger partial charge in [0.15, 0.2) is 11.6 Å². The normalized spacial score (nSPS) is 49.9. The molecule has 0 spiro atoms. The Morgan fingerprint density at radius 1 is 1.32 bits per heavy atom. The number of carbonyl (C=O) groups is 2. The molecule has 0 saturated heterocycles. The van der Waals surface area contributed by atoms with Gasteiger partial charge in [0, 0.05) is 16.7 Å². The zero-order valence-electron chi connectivity index (χ0n) is 17.0. The Labute approximate surface area is 166 Å². The molecule has 1 unspecified atom stereocenters. The standard InChI is InChI=1S/C23H32O5/c1-4-13-9-15-16-6-8-23(28,19(27)12-24)22(16,3)11-18(26)20(15)21(2)7-5-14(25)10-17(13)21/h5,7,10,13,15-16,18,20,24,26,28H,4,6,8-9,11-12H2,1-3H3/t13?,15-,16-,18-,20+,21-,22-,23-/m0/s1. The van der Waals surface area contributed by atoms with Crippen LogP contribution in [0.15, 0.2) is 23.8 Å². The number of allylic oxidation sites excluding steroid dienone is 4. The van der Waals surface area contributed by atoms with Gasteiger partial charge in [0.2, 0.25) is 0 Å². The first-order valence-electron chi connectivity index (χ1n) is 10.6. The second-order valence-corrected chi connectivity index (χ2v) is 9.92. The Balaban J connectivity index is 1.79. The van der Waals surface area contributed by atoms with Gasteiger partial charge in [-0.1, -0.05) is 32.4 Å². The second kappa shape index (κ2) is 6.35. The van der Waals surface area contributed by atoms with Crippen LogP contribution in [0.2, 0.25) is 0 Å². The van der Waals surface area contributed by atoms with E-state index in [4.69, 9.17) is 0 Å². The molecule has 5 heteroatoms. The van der Waals surface area contributed by atoms with E-state index in [-0.39, 0.29) is 34.9 Å². The van der Waals surface area contributed by atoms with Crippen molar-refractivity contribution >= 4 is 11.6 Å². The highest BCUT2D eigenvalue weighted by Crippen LogP contribution is 2.68. The lowest BCUT2D eigenvalue weighted by atomic mass is 9.44. The molecule has 0 heterocycles. The van der Waals surface area contributed by atoms with Crippen molar-refractivity contribution in [2.24, 2.45) is 34.5 Å². The zero-order valence-corrected chi connectivity index (χ0v) is 17.0. The molecule has 154 valence electrons. The average molecular weight is 389 g/mol. The first-order chi connectivity index (χ1) is 13.1. The summed E-state index contributed by atoms with van der Waals surface area (Å²) in [6, 6.07) is 0. The number of carbonyl (C=O) groups excluding carboxylic acids is 2. The Kier molecular flexibility index (Phi) is 4.53. The summed E-state index contributed by atoms with van der Waals surface area (Å²) in [5.41, 5.74) is -1.56. The van der Waals surface area contributed by atoms with Crippen LogP contribution in [0.25, 0.3) is 0 Å². The van der Waals surface area contributed by atoms with Gasteiger partial charge in [-0.3, -0.25) is 9.59 Å². The summed E-state index contributed by atoms with van der Waals surface area (Å²) >= 11 is 0. The molecule has 0 aliphatic heterocycles. The summed E-state index contributed by atoms with van der Waals surface area (Å²) in [7, 11) is 0. The molecule has 5 nitrogen and oxygen atoms in total. The summed E-state index contributed by atoms with van der Waals surface area (Å²) in [5.74, 6) is -0.00387. The van der Waals surface area contributed by atoms with Crippen molar-refractivity contribution in [3.63, 3.8) is 0 Å². The van der Waals surface area contributed by atoms with E-state index in [1.54, 1.807) is 12.2 Å². The van der Waals surface area contributed by atoms with Gasteiger partial charge in [-0.2, -0.15) is 0 Å². The molecule has 0 aromatic rings. The molecule has 0 bridgehead atoms. The summed E-state index contributed by atoms with van der Waals surface area (Å²) in [4.78, 5) is 24.5. The van der Waals surface area contributed by atoms with E-state index >= 15 is 0 Å². The third-order valence-corrected chi connectivity index (χ3v) is 8.91. The van der Waals surface area contributed by atoms with Crippen LogP contribution in [0, 0.1) is 34.5 Å². The lowest BCUT2D eigenvalue weighted by Gasteiger charge is -2.61. The van der Waals surface area contributed by atoms with Crippen LogP contribution in [0.5, 0.6) is 0 Å². The minimum absolute atomic E-state index is 0.0169. The number of hydrogen-bond acceptors (Lipinski definition) is 5. The fourth-order valence-electron chi connectivity index (χ4n) is 7.53. The lowest BCUT2D eigenvalue weighted by molar-refractivity contribution is -0.180. The topological polar surface area (TPSA) is 94.8 Å². The van der Waals surface area contributed by atoms with Gasteiger partial charge in [-0.15, -0.1) is 0 Å². The van der Waals surface area contributed by atoms with Crippen LogP contribution < -0.4 is 0 Å². The number of aliphatic hydroxyl groups is 3. The van der Waals surface area contributed by atoms with E-state index in [1.807, 2.05) is 13.0 Å². The van der Waals surface area contributed by atoms with Crippen LogP contribution in [0.4, 0.5) is 0 Å². The van der Waals surface area contributed by atoms with Crippen LogP contribution in [0.3, 0.4) is 0 Å². The van der Waals surface area contributed by atoms with Gasteiger partial charge in [0.25, 0.3) is 0 Å². The minimum atomic E-state index is -1.57. The van der Waals surface area contributed by atoms with E-state index in [9.17, 15) is 24.9 Å². The number of hydrogen-bond donors (Lipinski definition) is 3. The Morgan fingerprint density at radius 2 is 2.04 bits per heavy atom. The Morgan fingerprint density at radius 3 is 2.68 bits per heavy atom. The second-order valence-electron chi connectivity index (χ2n) is 9.92. The molecular formula is C23H32O5. The summed E-state index contributed by atoms with van der Waals surface area (Å²) in [6.07, 6.45) is 7.89. The number of Topliss-reactive ketones (excluding diaryl/α,β-unsaturated/α-hetero) is 1. The van der Waals surface area contributed by atoms with Crippen molar-refractivity contribution in [2.45, 2.75) is 64.6 Å². The highest BCUT2D eigenvalue weighted by molar-refractivity contribution is 6.01. The van der Waals surface area contributed by atoms with Gasteiger partial charge < -0.3 is 15.3 Å². The highest BCUT2D eigenvalue weighted by Gasteiger charge is 2.68. The smallest absolute Gasteiger partial charge is 0.190 e. The third kappa shape index (κ3) is 2.36. The highest BCUT2D eigenvalue weighted by atomic mass is 16.3. The van der Waals surface area contributed by atoms with E-state index in [0.29, 0.717) is 12.8 Å². The molecule has 4 aliphatic carbocycles. The number of aliphatic hydroxyl groups excluding tert-OH is 2. The monoisotopic (exact) mass is 388 g/mol. The molecule has 4 rings (SSSR count). The van der Waals surface area contributed by atoms with E-state index in [2.05, 4.69) is 13.8 Å². The van der Waals surface area contributed by atoms with Crippen molar-refractivity contribution < 1.29 is 24.9 Å². The lowest BCUT2D eigenvalue weighted by Crippen LogP contribution is -2.62. The van der Waals surface area contributed by atoms with Gasteiger partial charge in [-0.05, 0) is 62.0 Å². The minimum Gasteiger partial charge on any atom is -0.393 e. The quantitative estimate of drug-likeness (QED) is 0.689. The van der Waals surface area contributed by atoms with Crippen LogP contribution >= 0.6 is 0 Å². The van der Waals surface area contributed by atoms with Crippen molar-refractivity contribution in [2.75, 3.05) is 6.61 Å². The molecular weight excluding hydrogens is 356 g/mol.